The van der Waals surface area contributed by atoms with Gasteiger partial charge in [-0.15, -0.1) is 0 Å². The summed E-state index contributed by atoms with van der Waals surface area (Å²) in [5, 5.41) is 5.52. The molecule has 2 N–H and O–H groups in total. The van der Waals surface area contributed by atoms with Crippen LogP contribution in [0.5, 0.6) is 5.75 Å². The fourth-order valence-electron chi connectivity index (χ4n) is 4.63. The van der Waals surface area contributed by atoms with Gasteiger partial charge in [-0.3, -0.25) is 9.59 Å². The van der Waals surface area contributed by atoms with E-state index in [1.54, 1.807) is 62.4 Å². The molecule has 3 aromatic carbocycles. The number of fused-ring (bicyclic) bond motifs is 1. The maximum absolute atomic E-state index is 14.2. The third-order valence-electron chi connectivity index (χ3n) is 7.03. The number of sulfonamides is 1. The highest BCUT2D eigenvalue weighted by Crippen LogP contribution is 2.34. The van der Waals surface area contributed by atoms with E-state index in [9.17, 15) is 18.0 Å². The summed E-state index contributed by atoms with van der Waals surface area (Å²) in [4.78, 5) is 49.2. The molecule has 0 unspecified atom stereocenters. The number of anilines is 3. The molecule has 5 rings (SSSR count). The molecule has 14 nitrogen and oxygen atoms in total. The number of ether oxygens (including phenoxy) is 1. The Bertz CT molecular complexity index is 2060. The molecule has 1 aliphatic heterocycles. The standard InChI is InChI=1S/C33H33N9O5S/c1-6-42-32(40-31-29(48(42,45)46)18-34-19-35-31)30(33(44)39-27-16-23(37-22(3)43)13-12-21(27)2)38-26-15-14-24(41(4)5)17-28(26)36-20-47-25-10-8-7-9-11-25/h7-20H,6H2,1-5H3,(H,37,43)(H,39,44). The number of aliphatic imine (C=N–C) groups is 3. The van der Waals surface area contributed by atoms with E-state index in [0.717, 1.165) is 16.2 Å². The molecule has 4 aromatic rings. The lowest BCUT2D eigenvalue weighted by molar-refractivity contribution is -0.114. The maximum atomic E-state index is 14.2. The molecule has 0 radical (unpaired) electrons. The number of amides is 2. The molecule has 0 bridgehead atoms. The molecule has 15 heteroatoms. The SMILES string of the molecule is CCN1C(C(=Nc2ccc(N(C)C)cc2N=COc2ccccc2)C(=O)Nc2cc(NC(C)=O)ccc2C)=Nc2ncncc2S1(=O)=O. The van der Waals surface area contributed by atoms with Crippen LogP contribution in [-0.4, -0.2) is 73.1 Å². The molecule has 2 heterocycles. The van der Waals surface area contributed by atoms with Crippen LogP contribution in [0.2, 0.25) is 0 Å². The van der Waals surface area contributed by atoms with Gasteiger partial charge in [0.1, 0.15) is 12.1 Å². The number of amidine groups is 1. The normalized spacial score (nSPS) is 13.8. The Hall–Kier alpha value is -5.96. The Kier molecular flexibility index (Phi) is 9.89. The smallest absolute Gasteiger partial charge is 0.278 e. The molecule has 0 saturated carbocycles. The van der Waals surface area contributed by atoms with Crippen molar-refractivity contribution < 1.29 is 22.7 Å². The predicted octanol–water partition coefficient (Wildman–Crippen LogP) is 5.01. The summed E-state index contributed by atoms with van der Waals surface area (Å²) in [6.45, 7) is 4.69. The Labute approximate surface area is 278 Å². The highest BCUT2D eigenvalue weighted by Gasteiger charge is 2.38. The van der Waals surface area contributed by atoms with E-state index in [1.807, 2.05) is 37.2 Å². The fourth-order valence-corrected chi connectivity index (χ4v) is 6.08. The number of nitrogens with zero attached hydrogens (tertiary/aromatic N) is 7. The summed E-state index contributed by atoms with van der Waals surface area (Å²) >= 11 is 0. The van der Waals surface area contributed by atoms with Gasteiger partial charge in [-0.2, -0.15) is 0 Å². The van der Waals surface area contributed by atoms with Crippen LogP contribution < -0.4 is 20.3 Å². The Morgan fingerprint density at radius 1 is 1.02 bits per heavy atom. The van der Waals surface area contributed by atoms with Crippen molar-refractivity contribution in [2.24, 2.45) is 15.0 Å². The Morgan fingerprint density at radius 3 is 2.50 bits per heavy atom. The molecule has 0 fully saturated rings. The van der Waals surface area contributed by atoms with Gasteiger partial charge in [0.25, 0.3) is 15.9 Å². The molecule has 0 atom stereocenters. The quantitative estimate of drug-likeness (QED) is 0.175. The number of carbonyl (C=O) groups is 2. The van der Waals surface area contributed by atoms with Crippen molar-refractivity contribution in [3.63, 3.8) is 0 Å². The van der Waals surface area contributed by atoms with E-state index >= 15 is 0 Å². The molecule has 1 aliphatic rings. The van der Waals surface area contributed by atoms with E-state index in [1.165, 1.54) is 19.7 Å². The molecule has 246 valence electrons. The van der Waals surface area contributed by atoms with Crippen molar-refractivity contribution in [3.05, 3.63) is 84.8 Å². The minimum absolute atomic E-state index is 0.0751. The number of rotatable bonds is 10. The number of para-hydroxylation sites is 1. The first kappa shape index (κ1) is 33.4. The number of nitrogens with one attached hydrogen (secondary N) is 2. The third-order valence-corrected chi connectivity index (χ3v) is 8.88. The van der Waals surface area contributed by atoms with Gasteiger partial charge in [-0.05, 0) is 61.9 Å². The van der Waals surface area contributed by atoms with Crippen LogP contribution in [0.1, 0.15) is 19.4 Å². The number of carbonyl (C=O) groups excluding carboxylic acids is 2. The number of aromatic nitrogens is 2. The van der Waals surface area contributed by atoms with Gasteiger partial charge >= 0.3 is 0 Å². The number of benzene rings is 3. The van der Waals surface area contributed by atoms with Crippen molar-refractivity contribution in [1.82, 2.24) is 14.3 Å². The van der Waals surface area contributed by atoms with E-state index in [-0.39, 0.29) is 40.4 Å². The summed E-state index contributed by atoms with van der Waals surface area (Å²) in [7, 11) is -0.487. The Morgan fingerprint density at radius 2 is 1.79 bits per heavy atom. The molecular formula is C33H33N9O5S. The lowest BCUT2D eigenvalue weighted by atomic mass is 10.1. The van der Waals surface area contributed by atoms with Crippen LogP contribution in [-0.2, 0) is 19.6 Å². The largest absolute Gasteiger partial charge is 0.446 e. The van der Waals surface area contributed by atoms with Gasteiger partial charge in [0.15, 0.2) is 28.7 Å². The van der Waals surface area contributed by atoms with Crippen molar-refractivity contribution >= 4 is 74.0 Å². The van der Waals surface area contributed by atoms with Gasteiger partial charge in [-0.1, -0.05) is 24.3 Å². The monoisotopic (exact) mass is 667 g/mol. The minimum atomic E-state index is -4.21. The van der Waals surface area contributed by atoms with E-state index in [0.29, 0.717) is 28.4 Å². The van der Waals surface area contributed by atoms with Crippen LogP contribution in [0.4, 0.5) is 34.3 Å². The molecular weight excluding hydrogens is 634 g/mol. The zero-order valence-corrected chi connectivity index (χ0v) is 27.7. The molecule has 0 saturated heterocycles. The van der Waals surface area contributed by atoms with E-state index in [2.05, 4.69) is 30.6 Å². The summed E-state index contributed by atoms with van der Waals surface area (Å²) in [5.74, 6) is -0.872. The molecule has 0 spiro atoms. The zero-order valence-electron chi connectivity index (χ0n) is 26.9. The number of hydrogen-bond acceptors (Lipinski definition) is 11. The van der Waals surface area contributed by atoms with Crippen molar-refractivity contribution in [2.75, 3.05) is 36.2 Å². The molecule has 2 amide bonds. The summed E-state index contributed by atoms with van der Waals surface area (Å²) in [5.41, 5.74) is 2.51. The first-order valence-electron chi connectivity index (χ1n) is 14.7. The second kappa shape index (κ2) is 14.2. The first-order valence-corrected chi connectivity index (χ1v) is 16.2. The Balaban J connectivity index is 1.67. The topological polar surface area (TPSA) is 171 Å². The number of aryl methyl sites for hydroxylation is 1. The van der Waals surface area contributed by atoms with Gasteiger partial charge in [0.05, 0.1) is 17.6 Å². The fraction of sp³-hybridized carbons (Fsp3) is 0.182. The second-order valence-corrected chi connectivity index (χ2v) is 12.5. The third kappa shape index (κ3) is 7.36. The first-order chi connectivity index (χ1) is 23.0. The van der Waals surface area contributed by atoms with Crippen molar-refractivity contribution in [1.29, 1.82) is 0 Å². The maximum Gasteiger partial charge on any atom is 0.278 e. The zero-order chi connectivity index (χ0) is 34.4. The van der Waals surface area contributed by atoms with Gasteiger partial charge in [0.2, 0.25) is 5.91 Å². The van der Waals surface area contributed by atoms with Crippen molar-refractivity contribution in [3.8, 4) is 5.75 Å². The average molecular weight is 668 g/mol. The van der Waals surface area contributed by atoms with Crippen LogP contribution in [0.15, 0.2) is 99.1 Å². The van der Waals surface area contributed by atoms with Gasteiger partial charge < -0.3 is 20.3 Å². The van der Waals surface area contributed by atoms with Crippen LogP contribution >= 0.6 is 0 Å². The van der Waals surface area contributed by atoms with Crippen LogP contribution in [0.3, 0.4) is 0 Å². The van der Waals surface area contributed by atoms with Crippen molar-refractivity contribution in [2.45, 2.75) is 25.7 Å². The highest BCUT2D eigenvalue weighted by atomic mass is 32.2. The minimum Gasteiger partial charge on any atom is -0.446 e. The lowest BCUT2D eigenvalue weighted by Crippen LogP contribution is -2.46. The number of hydrogen-bond donors (Lipinski definition) is 2. The van der Waals surface area contributed by atoms with Crippen LogP contribution in [0, 0.1) is 6.92 Å². The summed E-state index contributed by atoms with van der Waals surface area (Å²) in [6.07, 6.45) is 3.59. The van der Waals surface area contributed by atoms with E-state index in [4.69, 9.17) is 9.73 Å². The van der Waals surface area contributed by atoms with Gasteiger partial charge in [-0.25, -0.2) is 37.7 Å². The second-order valence-electron chi connectivity index (χ2n) is 10.7. The van der Waals surface area contributed by atoms with E-state index < -0.39 is 15.9 Å². The summed E-state index contributed by atoms with van der Waals surface area (Å²) < 4.78 is 34.1. The van der Waals surface area contributed by atoms with Gasteiger partial charge in [0, 0.05) is 44.6 Å². The average Bonchev–Trinajstić information content (AvgIpc) is 3.05. The molecule has 0 aliphatic carbocycles. The molecule has 1 aromatic heterocycles. The van der Waals surface area contributed by atoms with Crippen LogP contribution in [0.25, 0.3) is 0 Å². The lowest BCUT2D eigenvalue weighted by Gasteiger charge is -2.28. The summed E-state index contributed by atoms with van der Waals surface area (Å²) in [6, 6.07) is 19.3. The highest BCUT2D eigenvalue weighted by molar-refractivity contribution is 7.90. The molecule has 48 heavy (non-hydrogen) atoms. The predicted molar refractivity (Wildman–Crippen MR) is 186 cm³/mol.